The van der Waals surface area contributed by atoms with Crippen molar-refractivity contribution in [2.75, 3.05) is 0 Å². The van der Waals surface area contributed by atoms with Gasteiger partial charge in [-0.3, -0.25) is 9.59 Å². The zero-order valence-electron chi connectivity index (χ0n) is 11.1. The zero-order valence-corrected chi connectivity index (χ0v) is 12.7. The first-order valence-electron chi connectivity index (χ1n) is 6.81. The van der Waals surface area contributed by atoms with Crippen LogP contribution in [0.1, 0.15) is 43.7 Å². The van der Waals surface area contributed by atoms with Gasteiger partial charge >= 0.3 is 5.97 Å². The van der Waals surface area contributed by atoms with E-state index in [0.717, 1.165) is 16.5 Å². The van der Waals surface area contributed by atoms with E-state index in [1.165, 1.54) is 12.8 Å². The van der Waals surface area contributed by atoms with Gasteiger partial charge in [0.1, 0.15) is 0 Å². The van der Waals surface area contributed by atoms with Gasteiger partial charge in [-0.25, -0.2) is 0 Å². The van der Waals surface area contributed by atoms with Crippen LogP contribution in [0.15, 0.2) is 28.7 Å². The number of rotatable bonds is 7. The second-order valence-electron chi connectivity index (χ2n) is 5.25. The lowest BCUT2D eigenvalue weighted by molar-refractivity contribution is -0.137. The second kappa shape index (κ2) is 6.88. The molecule has 0 heterocycles. The van der Waals surface area contributed by atoms with Crippen molar-refractivity contribution in [3.8, 4) is 0 Å². The van der Waals surface area contributed by atoms with Gasteiger partial charge in [-0.2, -0.15) is 0 Å². The molecule has 0 spiro atoms. The van der Waals surface area contributed by atoms with Crippen LogP contribution in [0.2, 0.25) is 0 Å². The fraction of sp³-hybridized carbons (Fsp3) is 0.467. The lowest BCUT2D eigenvalue weighted by atomic mass is 10.0. The number of hydrogen-bond acceptors (Lipinski definition) is 2. The fourth-order valence-corrected chi connectivity index (χ4v) is 2.39. The SMILES string of the molecule is O=C(O)CC(NC(=O)CCC1CC1)c1ccc(Br)cc1. The predicted octanol–water partition coefficient (Wildman–Crippen LogP) is 3.27. The minimum atomic E-state index is -0.916. The molecule has 5 heteroatoms. The molecule has 20 heavy (non-hydrogen) atoms. The lowest BCUT2D eigenvalue weighted by Crippen LogP contribution is -2.30. The first kappa shape index (κ1) is 15.0. The molecule has 0 aliphatic heterocycles. The van der Waals surface area contributed by atoms with E-state index in [9.17, 15) is 9.59 Å². The number of hydrogen-bond donors (Lipinski definition) is 2. The minimum Gasteiger partial charge on any atom is -0.481 e. The van der Waals surface area contributed by atoms with E-state index >= 15 is 0 Å². The Bertz CT molecular complexity index is 482. The number of carboxylic acid groups (broad SMARTS) is 1. The van der Waals surface area contributed by atoms with Crippen LogP contribution in [0, 0.1) is 5.92 Å². The molecule has 108 valence electrons. The maximum atomic E-state index is 11.9. The van der Waals surface area contributed by atoms with Crippen molar-refractivity contribution in [2.24, 2.45) is 5.92 Å². The highest BCUT2D eigenvalue weighted by molar-refractivity contribution is 9.10. The molecular formula is C15H18BrNO3. The van der Waals surface area contributed by atoms with E-state index in [2.05, 4.69) is 21.2 Å². The standard InChI is InChI=1S/C15H18BrNO3/c16-12-6-4-11(5-7-12)13(9-15(19)20)17-14(18)8-3-10-1-2-10/h4-7,10,13H,1-3,8-9H2,(H,17,18)(H,19,20). The molecule has 1 aromatic carbocycles. The minimum absolute atomic E-state index is 0.0638. The number of carboxylic acids is 1. The second-order valence-corrected chi connectivity index (χ2v) is 6.17. The number of amides is 1. The lowest BCUT2D eigenvalue weighted by Gasteiger charge is -2.17. The van der Waals surface area contributed by atoms with E-state index in [0.29, 0.717) is 12.3 Å². The normalized spacial score (nSPS) is 15.7. The summed E-state index contributed by atoms with van der Waals surface area (Å²) in [6.07, 6.45) is 3.73. The predicted molar refractivity (Wildman–Crippen MR) is 79.2 cm³/mol. The number of nitrogens with one attached hydrogen (secondary N) is 1. The molecule has 2 N–H and O–H groups in total. The molecule has 1 aromatic rings. The Morgan fingerprint density at radius 1 is 1.30 bits per heavy atom. The van der Waals surface area contributed by atoms with Gasteiger partial charge < -0.3 is 10.4 Å². The number of aliphatic carboxylic acids is 1. The smallest absolute Gasteiger partial charge is 0.305 e. The maximum absolute atomic E-state index is 11.9. The molecule has 0 bridgehead atoms. The Labute approximate surface area is 126 Å². The Morgan fingerprint density at radius 3 is 2.50 bits per heavy atom. The van der Waals surface area contributed by atoms with E-state index < -0.39 is 12.0 Å². The molecule has 1 amide bonds. The topological polar surface area (TPSA) is 66.4 Å². The van der Waals surface area contributed by atoms with Gasteiger partial charge in [0.05, 0.1) is 12.5 Å². The third kappa shape index (κ3) is 4.96. The molecule has 4 nitrogen and oxygen atoms in total. The first-order chi connectivity index (χ1) is 9.54. The van der Waals surface area contributed by atoms with Crippen molar-refractivity contribution in [3.63, 3.8) is 0 Å². The summed E-state index contributed by atoms with van der Waals surface area (Å²) >= 11 is 3.34. The van der Waals surface area contributed by atoms with Crippen molar-refractivity contribution in [1.29, 1.82) is 0 Å². The highest BCUT2D eigenvalue weighted by atomic mass is 79.9. The molecule has 1 unspecified atom stereocenters. The molecule has 1 saturated carbocycles. The monoisotopic (exact) mass is 339 g/mol. The summed E-state index contributed by atoms with van der Waals surface area (Å²) in [5, 5.41) is 11.8. The molecule has 0 aromatic heterocycles. The van der Waals surface area contributed by atoms with Crippen molar-refractivity contribution < 1.29 is 14.7 Å². The molecule has 2 rings (SSSR count). The molecule has 0 saturated heterocycles. The van der Waals surface area contributed by atoms with Crippen molar-refractivity contribution >= 4 is 27.8 Å². The summed E-state index contributed by atoms with van der Waals surface area (Å²) in [7, 11) is 0. The summed E-state index contributed by atoms with van der Waals surface area (Å²) in [5.74, 6) is -0.280. The number of benzene rings is 1. The highest BCUT2D eigenvalue weighted by Crippen LogP contribution is 2.33. The molecular weight excluding hydrogens is 322 g/mol. The average Bonchev–Trinajstić information content (AvgIpc) is 3.20. The zero-order chi connectivity index (χ0) is 14.5. The summed E-state index contributed by atoms with van der Waals surface area (Å²) in [5.41, 5.74) is 0.815. The summed E-state index contributed by atoms with van der Waals surface area (Å²) in [6, 6.07) is 6.89. The average molecular weight is 340 g/mol. The van der Waals surface area contributed by atoms with Crippen LogP contribution in [-0.2, 0) is 9.59 Å². The Hall–Kier alpha value is -1.36. The maximum Gasteiger partial charge on any atom is 0.305 e. The van der Waals surface area contributed by atoms with Crippen LogP contribution in [0.5, 0.6) is 0 Å². The fourth-order valence-electron chi connectivity index (χ4n) is 2.13. The van der Waals surface area contributed by atoms with Crippen LogP contribution >= 0.6 is 15.9 Å². The van der Waals surface area contributed by atoms with Crippen LogP contribution in [0.25, 0.3) is 0 Å². The third-order valence-electron chi connectivity index (χ3n) is 3.46. The Balaban J connectivity index is 1.96. The molecule has 0 radical (unpaired) electrons. The van der Waals surface area contributed by atoms with Gasteiger partial charge in [0.25, 0.3) is 0 Å². The van der Waals surface area contributed by atoms with Gasteiger partial charge in [-0.05, 0) is 30.0 Å². The van der Waals surface area contributed by atoms with E-state index in [1.54, 1.807) is 0 Å². The number of carbonyl (C=O) groups excluding carboxylic acids is 1. The molecule has 1 aliphatic rings. The summed E-state index contributed by atoms with van der Waals surface area (Å²) < 4.78 is 0.926. The van der Waals surface area contributed by atoms with Gasteiger partial charge in [0, 0.05) is 10.9 Å². The van der Waals surface area contributed by atoms with Crippen LogP contribution in [0.3, 0.4) is 0 Å². The quantitative estimate of drug-likeness (QED) is 0.801. The van der Waals surface area contributed by atoms with Crippen LogP contribution < -0.4 is 5.32 Å². The third-order valence-corrected chi connectivity index (χ3v) is 3.99. The van der Waals surface area contributed by atoms with Gasteiger partial charge in [0.2, 0.25) is 5.91 Å². The van der Waals surface area contributed by atoms with Gasteiger partial charge in [0.15, 0.2) is 0 Å². The Morgan fingerprint density at radius 2 is 1.95 bits per heavy atom. The van der Waals surface area contributed by atoms with Crippen LogP contribution in [-0.4, -0.2) is 17.0 Å². The van der Waals surface area contributed by atoms with E-state index in [4.69, 9.17) is 5.11 Å². The molecule has 1 atom stereocenters. The summed E-state index contributed by atoms with van der Waals surface area (Å²) in [4.78, 5) is 22.8. The van der Waals surface area contributed by atoms with Crippen molar-refractivity contribution in [1.82, 2.24) is 5.32 Å². The van der Waals surface area contributed by atoms with Gasteiger partial charge in [-0.15, -0.1) is 0 Å². The first-order valence-corrected chi connectivity index (χ1v) is 7.60. The number of halogens is 1. The van der Waals surface area contributed by atoms with E-state index in [1.807, 2.05) is 24.3 Å². The molecule has 1 fully saturated rings. The Kier molecular flexibility index (Phi) is 5.17. The van der Waals surface area contributed by atoms with Gasteiger partial charge in [-0.1, -0.05) is 40.9 Å². The summed E-state index contributed by atoms with van der Waals surface area (Å²) in [6.45, 7) is 0. The van der Waals surface area contributed by atoms with E-state index in [-0.39, 0.29) is 12.3 Å². The van der Waals surface area contributed by atoms with Crippen molar-refractivity contribution in [2.45, 2.75) is 38.1 Å². The number of carbonyl (C=O) groups is 2. The largest absolute Gasteiger partial charge is 0.481 e. The van der Waals surface area contributed by atoms with Crippen molar-refractivity contribution in [3.05, 3.63) is 34.3 Å². The van der Waals surface area contributed by atoms with Crippen LogP contribution in [0.4, 0.5) is 0 Å². The highest BCUT2D eigenvalue weighted by Gasteiger charge is 2.23. The molecule has 1 aliphatic carbocycles.